The van der Waals surface area contributed by atoms with Gasteiger partial charge in [-0.25, -0.2) is 9.50 Å². The van der Waals surface area contributed by atoms with Gasteiger partial charge in [-0.15, -0.1) is 0 Å². The Morgan fingerprint density at radius 1 is 1.32 bits per heavy atom. The summed E-state index contributed by atoms with van der Waals surface area (Å²) < 4.78 is 1.68. The van der Waals surface area contributed by atoms with Crippen LogP contribution in [0.15, 0.2) is 24.7 Å². The maximum atomic E-state index is 12.7. The van der Waals surface area contributed by atoms with E-state index in [1.807, 2.05) is 12.3 Å². The first-order valence-electron chi connectivity index (χ1n) is 6.79. The highest BCUT2D eigenvalue weighted by molar-refractivity contribution is 8.00. The van der Waals surface area contributed by atoms with Crippen molar-refractivity contribution in [2.75, 3.05) is 0 Å². The normalized spacial score (nSPS) is 29.8. The lowest BCUT2D eigenvalue weighted by molar-refractivity contribution is 0.0908. The van der Waals surface area contributed by atoms with Crippen LogP contribution >= 0.6 is 11.8 Å². The minimum Gasteiger partial charge on any atom is -0.294 e. The van der Waals surface area contributed by atoms with Crippen molar-refractivity contribution in [3.63, 3.8) is 0 Å². The van der Waals surface area contributed by atoms with Crippen LogP contribution in [-0.4, -0.2) is 30.9 Å². The topological polar surface area (TPSA) is 47.3 Å². The lowest BCUT2D eigenvalue weighted by atomic mass is 9.91. The number of hydrogen-bond acceptors (Lipinski definition) is 4. The Labute approximate surface area is 115 Å². The van der Waals surface area contributed by atoms with Crippen LogP contribution in [0.3, 0.4) is 0 Å². The number of rotatable bonds is 2. The zero-order valence-corrected chi connectivity index (χ0v) is 11.3. The smallest absolute Gasteiger partial charge is 0.171 e. The molecule has 4 heterocycles. The summed E-state index contributed by atoms with van der Waals surface area (Å²) in [6.07, 6.45) is 9.86. The van der Waals surface area contributed by atoms with E-state index in [4.69, 9.17) is 0 Å². The fourth-order valence-corrected chi connectivity index (χ4v) is 5.07. The molecule has 2 aromatic rings. The fraction of sp³-hybridized carbons (Fsp3) is 0.500. The van der Waals surface area contributed by atoms with Crippen LogP contribution in [0.25, 0.3) is 5.65 Å². The molecule has 2 atom stereocenters. The van der Waals surface area contributed by atoms with Gasteiger partial charge in [0.05, 0.1) is 11.8 Å². The van der Waals surface area contributed by atoms with Crippen molar-refractivity contribution in [2.45, 2.75) is 36.2 Å². The van der Waals surface area contributed by atoms with E-state index in [0.29, 0.717) is 21.7 Å². The van der Waals surface area contributed by atoms with Crippen LogP contribution in [-0.2, 0) is 0 Å². The highest BCUT2D eigenvalue weighted by Crippen LogP contribution is 2.46. The summed E-state index contributed by atoms with van der Waals surface area (Å²) in [4.78, 5) is 17.0. The predicted octanol–water partition coefficient (Wildman–Crippen LogP) is 2.59. The summed E-state index contributed by atoms with van der Waals surface area (Å²) in [6.45, 7) is 0. The molecular formula is C14H15N3OS. The Kier molecular flexibility index (Phi) is 2.62. The van der Waals surface area contributed by atoms with Crippen molar-refractivity contribution in [2.24, 2.45) is 5.92 Å². The lowest BCUT2D eigenvalue weighted by Gasteiger charge is -2.25. The second kappa shape index (κ2) is 4.34. The molecule has 2 bridgehead atoms. The minimum absolute atomic E-state index is 0.175. The van der Waals surface area contributed by atoms with E-state index < -0.39 is 0 Å². The van der Waals surface area contributed by atoms with E-state index in [9.17, 15) is 4.79 Å². The van der Waals surface area contributed by atoms with E-state index in [1.165, 1.54) is 12.8 Å². The number of fused-ring (bicyclic) bond motifs is 3. The third-order valence-corrected chi connectivity index (χ3v) is 5.83. The van der Waals surface area contributed by atoms with E-state index in [1.54, 1.807) is 16.9 Å². The zero-order valence-electron chi connectivity index (χ0n) is 10.5. The van der Waals surface area contributed by atoms with E-state index >= 15 is 0 Å². The molecule has 0 saturated carbocycles. The fourth-order valence-electron chi connectivity index (χ4n) is 3.29. The quantitative estimate of drug-likeness (QED) is 0.789. The zero-order chi connectivity index (χ0) is 12.8. The molecule has 4 rings (SSSR count). The number of thioether (sulfide) groups is 1. The highest BCUT2D eigenvalue weighted by atomic mass is 32.2. The molecule has 5 heteroatoms. The molecule has 2 aliphatic heterocycles. The molecule has 2 aromatic heterocycles. The number of nitrogens with zero attached hydrogens (tertiary/aromatic N) is 3. The monoisotopic (exact) mass is 273 g/mol. The van der Waals surface area contributed by atoms with Gasteiger partial charge in [0.15, 0.2) is 11.4 Å². The van der Waals surface area contributed by atoms with Gasteiger partial charge in [-0.2, -0.15) is 16.9 Å². The number of carbonyl (C=O) groups is 1. The average Bonchev–Trinajstić information content (AvgIpc) is 3.01. The maximum absolute atomic E-state index is 12.7. The molecule has 19 heavy (non-hydrogen) atoms. The van der Waals surface area contributed by atoms with Crippen molar-refractivity contribution >= 4 is 23.2 Å². The van der Waals surface area contributed by atoms with Gasteiger partial charge in [0, 0.05) is 28.8 Å². The average molecular weight is 273 g/mol. The summed E-state index contributed by atoms with van der Waals surface area (Å²) in [5, 5.41) is 5.61. The van der Waals surface area contributed by atoms with Gasteiger partial charge in [0.2, 0.25) is 0 Å². The first-order valence-corrected chi connectivity index (χ1v) is 7.73. The number of Topliss-reactive ketones (excluding diaryl/α,β-unsaturated/α-hetero) is 1. The van der Waals surface area contributed by atoms with Crippen molar-refractivity contribution < 1.29 is 4.79 Å². The van der Waals surface area contributed by atoms with Crippen LogP contribution in [0.5, 0.6) is 0 Å². The minimum atomic E-state index is 0.175. The molecule has 0 aliphatic carbocycles. The van der Waals surface area contributed by atoms with E-state index in [0.717, 1.165) is 12.8 Å². The van der Waals surface area contributed by atoms with Crippen molar-refractivity contribution in [1.29, 1.82) is 0 Å². The third kappa shape index (κ3) is 1.87. The van der Waals surface area contributed by atoms with Gasteiger partial charge in [-0.3, -0.25) is 4.79 Å². The Morgan fingerprint density at radius 2 is 2.11 bits per heavy atom. The van der Waals surface area contributed by atoms with E-state index in [2.05, 4.69) is 21.8 Å². The number of aromatic nitrogens is 3. The first-order chi connectivity index (χ1) is 9.31. The molecule has 0 N–H and O–H groups in total. The Bertz CT molecular complexity index is 626. The SMILES string of the molecule is O=C(c1cnn2cccnc12)C1CC2CCC(C1)S2. The van der Waals surface area contributed by atoms with Gasteiger partial charge in [0.25, 0.3) is 0 Å². The molecule has 0 aromatic carbocycles. The van der Waals surface area contributed by atoms with Gasteiger partial charge in [-0.05, 0) is 31.7 Å². The van der Waals surface area contributed by atoms with Crippen LogP contribution in [0.2, 0.25) is 0 Å². The number of hydrogen-bond donors (Lipinski definition) is 0. The Hall–Kier alpha value is -1.36. The number of ketones is 1. The molecule has 2 saturated heterocycles. The van der Waals surface area contributed by atoms with Crippen LogP contribution < -0.4 is 0 Å². The summed E-state index contributed by atoms with van der Waals surface area (Å²) in [7, 11) is 0. The van der Waals surface area contributed by atoms with Crippen molar-refractivity contribution in [1.82, 2.24) is 14.6 Å². The van der Waals surface area contributed by atoms with Gasteiger partial charge in [0.1, 0.15) is 0 Å². The van der Waals surface area contributed by atoms with Crippen LogP contribution in [0.1, 0.15) is 36.0 Å². The van der Waals surface area contributed by atoms with Crippen molar-refractivity contribution in [3.8, 4) is 0 Å². The lowest BCUT2D eigenvalue weighted by Crippen LogP contribution is -2.24. The predicted molar refractivity (Wildman–Crippen MR) is 74.4 cm³/mol. The highest BCUT2D eigenvalue weighted by Gasteiger charge is 2.38. The van der Waals surface area contributed by atoms with Gasteiger partial charge in [-0.1, -0.05) is 0 Å². The van der Waals surface area contributed by atoms with E-state index in [-0.39, 0.29) is 11.7 Å². The Morgan fingerprint density at radius 3 is 2.89 bits per heavy atom. The molecule has 0 spiro atoms. The largest absolute Gasteiger partial charge is 0.294 e. The van der Waals surface area contributed by atoms with Crippen LogP contribution in [0, 0.1) is 5.92 Å². The molecule has 0 amide bonds. The Balaban J connectivity index is 1.67. The summed E-state index contributed by atoms with van der Waals surface area (Å²) in [5.74, 6) is 0.416. The molecule has 4 nitrogen and oxygen atoms in total. The molecular weight excluding hydrogens is 258 g/mol. The third-order valence-electron chi connectivity index (χ3n) is 4.21. The summed E-state index contributed by atoms with van der Waals surface area (Å²) >= 11 is 2.09. The van der Waals surface area contributed by atoms with Crippen LogP contribution in [0.4, 0.5) is 0 Å². The first kappa shape index (κ1) is 11.5. The van der Waals surface area contributed by atoms with Crippen molar-refractivity contribution in [3.05, 3.63) is 30.2 Å². The number of carbonyl (C=O) groups excluding carboxylic acids is 1. The molecule has 98 valence electrons. The molecule has 0 radical (unpaired) electrons. The van der Waals surface area contributed by atoms with Gasteiger partial charge < -0.3 is 0 Å². The summed E-state index contributed by atoms with van der Waals surface area (Å²) in [5.41, 5.74) is 1.38. The molecule has 2 aliphatic rings. The summed E-state index contributed by atoms with van der Waals surface area (Å²) in [6, 6.07) is 1.83. The maximum Gasteiger partial charge on any atom is 0.171 e. The second-order valence-corrected chi connectivity index (χ2v) is 7.04. The standard InChI is InChI=1S/C14H15N3OS/c18-13(9-6-10-2-3-11(7-9)19-10)12-8-16-17-5-1-4-15-14(12)17/h1,4-5,8-11H,2-3,6-7H2. The van der Waals surface area contributed by atoms with Gasteiger partial charge >= 0.3 is 0 Å². The molecule has 2 unspecified atom stereocenters. The second-order valence-electron chi connectivity index (χ2n) is 5.44. The molecule has 2 fully saturated rings.